The molecule has 8 nitrogen and oxygen atoms in total. The molecule has 0 saturated carbocycles. The van der Waals surface area contributed by atoms with E-state index < -0.39 is 5.60 Å². The quantitative estimate of drug-likeness (QED) is 0.794. The molecule has 2 amide bonds. The van der Waals surface area contributed by atoms with Gasteiger partial charge in [-0.15, -0.1) is 0 Å². The van der Waals surface area contributed by atoms with Gasteiger partial charge in [-0.1, -0.05) is 0 Å². The van der Waals surface area contributed by atoms with Crippen molar-refractivity contribution in [3.63, 3.8) is 0 Å². The topological polar surface area (TPSA) is 80.0 Å². The molecular formula is C16H21N5O3. The lowest BCUT2D eigenvalue weighted by molar-refractivity contribution is -0.162. The number of likely N-dealkylation sites (N-methyl/N-ethyl adjacent to an activating group) is 1. The van der Waals surface area contributed by atoms with Gasteiger partial charge in [-0.05, 0) is 19.4 Å². The number of ether oxygens (including phenoxy) is 1. The van der Waals surface area contributed by atoms with Crippen LogP contribution in [0.1, 0.15) is 22.8 Å². The summed E-state index contributed by atoms with van der Waals surface area (Å²) in [6.07, 6.45) is 5.04. The highest BCUT2D eigenvalue weighted by Crippen LogP contribution is 2.22. The highest BCUT2D eigenvalue weighted by Gasteiger charge is 2.42. The number of hydrogen-bond donors (Lipinski definition) is 0. The van der Waals surface area contributed by atoms with Gasteiger partial charge < -0.3 is 14.5 Å². The summed E-state index contributed by atoms with van der Waals surface area (Å²) in [5.74, 6) is -0.351. The second kappa shape index (κ2) is 5.86. The zero-order valence-electron chi connectivity index (χ0n) is 14.3. The van der Waals surface area contributed by atoms with Crippen molar-refractivity contribution in [1.29, 1.82) is 0 Å². The Balaban J connectivity index is 1.87. The highest BCUT2D eigenvalue weighted by atomic mass is 16.5. The van der Waals surface area contributed by atoms with Crippen LogP contribution in [-0.2, 0) is 9.53 Å². The van der Waals surface area contributed by atoms with Crippen LogP contribution in [0.2, 0.25) is 0 Å². The Hall–Kier alpha value is -2.48. The molecule has 0 aliphatic carbocycles. The van der Waals surface area contributed by atoms with E-state index in [0.29, 0.717) is 24.4 Å². The lowest BCUT2D eigenvalue weighted by Gasteiger charge is -2.40. The molecule has 1 saturated heterocycles. The normalized spacial score (nSPS) is 21.1. The third-order valence-corrected chi connectivity index (χ3v) is 4.14. The molecule has 0 aromatic carbocycles. The Bertz CT molecular complexity index is 800. The van der Waals surface area contributed by atoms with Crippen LogP contribution in [0.5, 0.6) is 0 Å². The van der Waals surface area contributed by atoms with Gasteiger partial charge in [0.25, 0.3) is 11.8 Å². The molecule has 2 aromatic rings. The van der Waals surface area contributed by atoms with Crippen LogP contribution < -0.4 is 0 Å². The first kappa shape index (κ1) is 16.4. The molecule has 3 rings (SSSR count). The largest absolute Gasteiger partial charge is 0.362 e. The molecule has 3 heterocycles. The minimum atomic E-state index is -1.04. The summed E-state index contributed by atoms with van der Waals surface area (Å²) in [4.78, 5) is 32.7. The van der Waals surface area contributed by atoms with Crippen LogP contribution in [0.4, 0.5) is 0 Å². The Morgan fingerprint density at radius 1 is 1.33 bits per heavy atom. The van der Waals surface area contributed by atoms with Crippen molar-refractivity contribution in [2.45, 2.75) is 19.4 Å². The average Bonchev–Trinajstić information content (AvgIpc) is 2.96. The zero-order valence-corrected chi connectivity index (χ0v) is 14.3. The number of hydrogen-bond acceptors (Lipinski definition) is 5. The molecule has 1 unspecified atom stereocenters. The molecule has 8 heteroatoms. The smallest absolute Gasteiger partial charge is 0.259 e. The minimum Gasteiger partial charge on any atom is -0.362 e. The van der Waals surface area contributed by atoms with Crippen molar-refractivity contribution < 1.29 is 14.3 Å². The van der Waals surface area contributed by atoms with Gasteiger partial charge >= 0.3 is 0 Å². The van der Waals surface area contributed by atoms with Gasteiger partial charge in [-0.2, -0.15) is 5.10 Å². The second-order valence-electron chi connectivity index (χ2n) is 6.46. The maximum atomic E-state index is 12.9. The summed E-state index contributed by atoms with van der Waals surface area (Å²) in [5.41, 5.74) is 0.860. The lowest BCUT2D eigenvalue weighted by Crippen LogP contribution is -2.59. The zero-order chi connectivity index (χ0) is 17.5. The Morgan fingerprint density at radius 3 is 2.79 bits per heavy atom. The highest BCUT2D eigenvalue weighted by molar-refractivity contribution is 6.00. The number of amides is 2. The maximum absolute atomic E-state index is 12.9. The van der Waals surface area contributed by atoms with Crippen LogP contribution in [0, 0.1) is 6.92 Å². The number of nitrogens with zero attached hydrogens (tertiary/aromatic N) is 5. The number of aromatic nitrogens is 3. The SMILES string of the molecule is Cc1cnc2c(C(=O)N3CCOC(C)(C(=O)N(C)C)C3)cnn2c1. The number of rotatable bonds is 2. The van der Waals surface area contributed by atoms with E-state index in [4.69, 9.17) is 4.74 Å². The summed E-state index contributed by atoms with van der Waals surface area (Å²) in [6, 6.07) is 0. The molecule has 1 aliphatic heterocycles. The van der Waals surface area contributed by atoms with Crippen molar-refractivity contribution in [3.8, 4) is 0 Å². The fraction of sp³-hybridized carbons (Fsp3) is 0.500. The minimum absolute atomic E-state index is 0.159. The molecule has 0 spiro atoms. The van der Waals surface area contributed by atoms with Crippen LogP contribution in [0.3, 0.4) is 0 Å². The monoisotopic (exact) mass is 331 g/mol. The molecule has 0 bridgehead atoms. The number of fused-ring (bicyclic) bond motifs is 1. The summed E-state index contributed by atoms with van der Waals surface area (Å²) in [5, 5.41) is 4.20. The number of morpholine rings is 1. The molecule has 1 aliphatic rings. The van der Waals surface area contributed by atoms with Crippen LogP contribution in [0.15, 0.2) is 18.6 Å². The Morgan fingerprint density at radius 2 is 2.08 bits per heavy atom. The van der Waals surface area contributed by atoms with Gasteiger partial charge in [0.05, 0.1) is 19.3 Å². The third kappa shape index (κ3) is 2.73. The number of carbonyl (C=O) groups is 2. The van der Waals surface area contributed by atoms with E-state index in [1.807, 2.05) is 13.1 Å². The molecule has 1 atom stereocenters. The molecule has 2 aromatic heterocycles. The van der Waals surface area contributed by atoms with Gasteiger partial charge in [-0.25, -0.2) is 9.50 Å². The van der Waals surface area contributed by atoms with E-state index >= 15 is 0 Å². The lowest BCUT2D eigenvalue weighted by atomic mass is 10.0. The first-order chi connectivity index (χ1) is 11.3. The molecule has 128 valence electrons. The maximum Gasteiger partial charge on any atom is 0.259 e. The van der Waals surface area contributed by atoms with E-state index in [-0.39, 0.29) is 18.4 Å². The summed E-state index contributed by atoms with van der Waals surface area (Å²) >= 11 is 0. The molecule has 0 N–H and O–H groups in total. The first-order valence-corrected chi connectivity index (χ1v) is 7.77. The summed E-state index contributed by atoms with van der Waals surface area (Å²) in [6.45, 7) is 4.57. The standard InChI is InChI=1S/C16H21N5O3/c1-11-7-17-13-12(8-18-21(13)9-11)14(22)20-5-6-24-16(2,10-20)15(23)19(3)4/h7-9H,5-6,10H2,1-4H3. The van der Waals surface area contributed by atoms with E-state index in [2.05, 4.69) is 10.1 Å². The molecular weight excluding hydrogens is 310 g/mol. The Kier molecular flexibility index (Phi) is 4.00. The van der Waals surface area contributed by atoms with Crippen LogP contribution in [0.25, 0.3) is 5.65 Å². The first-order valence-electron chi connectivity index (χ1n) is 7.77. The number of aryl methyl sites for hydroxylation is 1. The predicted molar refractivity (Wildman–Crippen MR) is 86.7 cm³/mol. The fourth-order valence-electron chi connectivity index (χ4n) is 2.94. The molecule has 1 fully saturated rings. The average molecular weight is 331 g/mol. The molecule has 0 radical (unpaired) electrons. The van der Waals surface area contributed by atoms with E-state index in [1.54, 1.807) is 36.6 Å². The second-order valence-corrected chi connectivity index (χ2v) is 6.46. The molecule has 24 heavy (non-hydrogen) atoms. The van der Waals surface area contributed by atoms with Crippen molar-refractivity contribution in [3.05, 3.63) is 29.7 Å². The van der Waals surface area contributed by atoms with Gasteiger partial charge in [0.1, 0.15) is 5.56 Å². The van der Waals surface area contributed by atoms with Gasteiger partial charge in [0, 0.05) is 33.0 Å². The van der Waals surface area contributed by atoms with Gasteiger partial charge in [-0.3, -0.25) is 9.59 Å². The van der Waals surface area contributed by atoms with Crippen molar-refractivity contribution in [2.24, 2.45) is 0 Å². The van der Waals surface area contributed by atoms with Crippen molar-refractivity contribution >= 4 is 17.5 Å². The van der Waals surface area contributed by atoms with Crippen LogP contribution in [-0.4, -0.2) is 75.6 Å². The predicted octanol–water partition coefficient (Wildman–Crippen LogP) is 0.357. The van der Waals surface area contributed by atoms with E-state index in [0.717, 1.165) is 5.56 Å². The summed E-state index contributed by atoms with van der Waals surface area (Å²) in [7, 11) is 3.35. The van der Waals surface area contributed by atoms with Crippen LogP contribution >= 0.6 is 0 Å². The van der Waals surface area contributed by atoms with Gasteiger partial charge in [0.15, 0.2) is 11.2 Å². The third-order valence-electron chi connectivity index (χ3n) is 4.14. The summed E-state index contributed by atoms with van der Waals surface area (Å²) < 4.78 is 7.26. The van der Waals surface area contributed by atoms with Crippen molar-refractivity contribution in [1.82, 2.24) is 24.4 Å². The number of carbonyl (C=O) groups excluding carboxylic acids is 2. The Labute approximate surface area is 140 Å². The van der Waals surface area contributed by atoms with E-state index in [9.17, 15) is 9.59 Å². The van der Waals surface area contributed by atoms with E-state index in [1.165, 1.54) is 11.1 Å². The van der Waals surface area contributed by atoms with Crippen molar-refractivity contribution in [2.75, 3.05) is 33.8 Å². The van der Waals surface area contributed by atoms with Gasteiger partial charge in [0.2, 0.25) is 0 Å². The fourth-order valence-corrected chi connectivity index (χ4v) is 2.94.